The number of fused-ring (bicyclic) bond motifs is 1. The van der Waals surface area contributed by atoms with Gasteiger partial charge in [0.05, 0.1) is 31.1 Å². The van der Waals surface area contributed by atoms with Gasteiger partial charge in [0.25, 0.3) is 0 Å². The maximum Gasteiger partial charge on any atom is 0.319 e. The number of anilines is 1. The highest BCUT2D eigenvalue weighted by Gasteiger charge is 2.34. The number of rotatable bonds is 11. The zero-order chi connectivity index (χ0) is 32.9. The number of carbonyl (C=O) groups is 2. The van der Waals surface area contributed by atoms with Gasteiger partial charge in [-0.25, -0.2) is 17.9 Å². The van der Waals surface area contributed by atoms with Gasteiger partial charge in [-0.2, -0.15) is 0 Å². The van der Waals surface area contributed by atoms with Crippen LogP contribution in [0.5, 0.6) is 17.2 Å². The molecule has 0 saturated carbocycles. The lowest BCUT2D eigenvalue weighted by molar-refractivity contribution is -0.927. The van der Waals surface area contributed by atoms with E-state index in [0.29, 0.717) is 5.69 Å². The molecule has 2 aliphatic rings. The smallest absolute Gasteiger partial charge is 0.319 e. The summed E-state index contributed by atoms with van der Waals surface area (Å²) in [6.07, 6.45) is 1.95. The molecule has 0 spiro atoms. The molecule has 46 heavy (non-hydrogen) atoms. The number of likely N-dealkylation sites (tertiary alicyclic amines) is 1. The molecule has 5 rings (SSSR count). The van der Waals surface area contributed by atoms with Gasteiger partial charge in [0.15, 0.2) is 11.5 Å². The van der Waals surface area contributed by atoms with Crippen LogP contribution in [0, 0.1) is 0 Å². The molecule has 0 bridgehead atoms. The molecular formula is C33H42N5O7S+. The number of quaternary nitrogens is 1. The molecule has 1 unspecified atom stereocenters. The molecule has 12 nitrogen and oxygen atoms in total. The molecule has 0 aliphatic carbocycles. The van der Waals surface area contributed by atoms with Crippen LogP contribution in [0.1, 0.15) is 37.8 Å². The van der Waals surface area contributed by atoms with Gasteiger partial charge in [-0.1, -0.05) is 12.1 Å². The quantitative estimate of drug-likeness (QED) is 0.199. The summed E-state index contributed by atoms with van der Waals surface area (Å²) < 4.78 is 39.1. The number of aromatic hydroxyl groups is 1. The molecule has 5 N–H and O–H groups in total. The fourth-order valence-electron chi connectivity index (χ4n) is 5.98. The third kappa shape index (κ3) is 8.68. The first-order valence-electron chi connectivity index (χ1n) is 15.4. The average Bonchev–Trinajstić information content (AvgIpc) is 3.45. The van der Waals surface area contributed by atoms with Gasteiger partial charge >= 0.3 is 6.03 Å². The van der Waals surface area contributed by atoms with Gasteiger partial charge in [-0.15, -0.1) is 0 Å². The van der Waals surface area contributed by atoms with E-state index >= 15 is 0 Å². The number of nitrogens with one attached hydrogen (secondary N) is 4. The van der Waals surface area contributed by atoms with Crippen LogP contribution in [0.2, 0.25) is 0 Å². The van der Waals surface area contributed by atoms with E-state index in [1.54, 1.807) is 26.0 Å². The van der Waals surface area contributed by atoms with Gasteiger partial charge in [0.1, 0.15) is 18.3 Å². The first-order chi connectivity index (χ1) is 21.9. The second-order valence-electron chi connectivity index (χ2n) is 12.5. The van der Waals surface area contributed by atoms with E-state index in [1.165, 1.54) is 36.4 Å². The number of hydrogen-bond acceptors (Lipinski definition) is 7. The SMILES string of the molecule is CC(C)NS(=O)(=O)c1ccc(NC(=O)N[C@@H](Cc2ccc(O)cc2)C(=O)N[C@H]2CCC[N+](C)(Cc3ccc4c(c3)OCO4)C2)cc1. The van der Waals surface area contributed by atoms with Crippen LogP contribution in [-0.4, -0.2) is 75.0 Å². The highest BCUT2D eigenvalue weighted by atomic mass is 32.2. The molecule has 3 amide bonds. The van der Waals surface area contributed by atoms with Gasteiger partial charge in [-0.3, -0.25) is 4.79 Å². The zero-order valence-electron chi connectivity index (χ0n) is 26.3. The average molecular weight is 653 g/mol. The lowest BCUT2D eigenvalue weighted by Gasteiger charge is -2.42. The van der Waals surface area contributed by atoms with E-state index in [0.717, 1.165) is 59.6 Å². The summed E-state index contributed by atoms with van der Waals surface area (Å²) in [6.45, 7) is 6.15. The molecule has 2 heterocycles. The number of hydrogen-bond donors (Lipinski definition) is 5. The van der Waals surface area contributed by atoms with Crippen molar-refractivity contribution in [2.45, 2.75) is 62.7 Å². The number of benzene rings is 3. The number of likely N-dealkylation sites (N-methyl/N-ethyl adjacent to an activating group) is 1. The molecule has 13 heteroatoms. The highest BCUT2D eigenvalue weighted by Crippen LogP contribution is 2.34. The number of phenols is 1. The Bertz CT molecular complexity index is 1650. The summed E-state index contributed by atoms with van der Waals surface area (Å²) in [6, 6.07) is 16.4. The largest absolute Gasteiger partial charge is 0.508 e. The maximum atomic E-state index is 13.7. The van der Waals surface area contributed by atoms with Crippen LogP contribution in [-0.2, 0) is 27.8 Å². The van der Waals surface area contributed by atoms with Crippen LogP contribution < -0.4 is 30.1 Å². The van der Waals surface area contributed by atoms with E-state index in [1.807, 2.05) is 18.2 Å². The van der Waals surface area contributed by atoms with Crippen LogP contribution >= 0.6 is 0 Å². The zero-order valence-corrected chi connectivity index (χ0v) is 27.1. The number of ether oxygens (including phenoxy) is 2. The first kappa shape index (κ1) is 33.0. The molecule has 0 aromatic heterocycles. The van der Waals surface area contributed by atoms with Crippen molar-refractivity contribution in [3.05, 3.63) is 77.9 Å². The predicted molar refractivity (Wildman–Crippen MR) is 173 cm³/mol. The Kier molecular flexibility index (Phi) is 10.0. The summed E-state index contributed by atoms with van der Waals surface area (Å²) >= 11 is 0. The van der Waals surface area contributed by atoms with Crippen LogP contribution in [0.15, 0.2) is 71.6 Å². The Hall–Kier alpha value is -4.33. The lowest BCUT2D eigenvalue weighted by atomic mass is 10.00. The molecule has 3 aromatic rings. The maximum absolute atomic E-state index is 13.7. The minimum Gasteiger partial charge on any atom is -0.508 e. The van der Waals surface area contributed by atoms with Gasteiger partial charge in [-0.05, 0) is 86.8 Å². The Morgan fingerprint density at radius 3 is 2.39 bits per heavy atom. The van der Waals surface area contributed by atoms with Crippen molar-refractivity contribution in [2.75, 3.05) is 32.2 Å². The van der Waals surface area contributed by atoms with Crippen LogP contribution in [0.3, 0.4) is 0 Å². The lowest BCUT2D eigenvalue weighted by Crippen LogP contribution is -2.59. The predicted octanol–water partition coefficient (Wildman–Crippen LogP) is 3.47. The van der Waals surface area contributed by atoms with Gasteiger partial charge in [0, 0.05) is 23.7 Å². The number of piperidine rings is 1. The molecule has 1 fully saturated rings. The van der Waals surface area contributed by atoms with E-state index in [9.17, 15) is 23.1 Å². The highest BCUT2D eigenvalue weighted by molar-refractivity contribution is 7.89. The number of carbonyl (C=O) groups excluding carboxylic acids is 2. The summed E-state index contributed by atoms with van der Waals surface area (Å²) in [4.78, 5) is 26.9. The molecule has 2 aliphatic heterocycles. The third-order valence-electron chi connectivity index (χ3n) is 8.07. The molecular weight excluding hydrogens is 610 g/mol. The Morgan fingerprint density at radius 2 is 1.67 bits per heavy atom. The second-order valence-corrected chi connectivity index (χ2v) is 14.3. The van der Waals surface area contributed by atoms with Crippen LogP contribution in [0.4, 0.5) is 10.5 Å². The normalized spacial score (nSPS) is 19.8. The number of urea groups is 1. The van der Waals surface area contributed by atoms with E-state index in [2.05, 4.69) is 27.7 Å². The molecule has 246 valence electrons. The summed E-state index contributed by atoms with van der Waals surface area (Å²) in [5.74, 6) is 1.28. The van der Waals surface area contributed by atoms with Gasteiger partial charge in [0.2, 0.25) is 22.7 Å². The van der Waals surface area contributed by atoms with E-state index in [-0.39, 0.29) is 41.8 Å². The van der Waals surface area contributed by atoms with Crippen molar-refractivity contribution in [1.82, 2.24) is 15.4 Å². The number of sulfonamides is 1. The summed E-state index contributed by atoms with van der Waals surface area (Å²) in [5, 5.41) is 18.4. The second kappa shape index (κ2) is 14.0. The fourth-order valence-corrected chi connectivity index (χ4v) is 7.23. The van der Waals surface area contributed by atoms with Crippen molar-refractivity contribution in [3.8, 4) is 17.2 Å². The fraction of sp³-hybridized carbons (Fsp3) is 0.394. The first-order valence-corrected chi connectivity index (χ1v) is 16.9. The summed E-state index contributed by atoms with van der Waals surface area (Å²) in [5.41, 5.74) is 2.26. The van der Waals surface area contributed by atoms with E-state index in [4.69, 9.17) is 9.47 Å². The van der Waals surface area contributed by atoms with Gasteiger partial charge < -0.3 is 35.0 Å². The molecule has 0 radical (unpaired) electrons. The number of phenolic OH excluding ortho intramolecular Hbond substituents is 1. The third-order valence-corrected chi connectivity index (χ3v) is 9.75. The molecule has 1 saturated heterocycles. The summed E-state index contributed by atoms with van der Waals surface area (Å²) in [7, 11) is -1.50. The van der Waals surface area contributed by atoms with Crippen molar-refractivity contribution < 1.29 is 37.1 Å². The Labute approximate surface area is 269 Å². The standard InChI is InChI=1S/C33H41N5O7S/c1-22(2)37-46(42,43)28-13-9-25(10-14-28)35-33(41)36-29(17-23-6-11-27(39)12-7-23)32(40)34-26-5-4-16-38(3,20-26)19-24-8-15-30-31(18-24)45-21-44-30/h6-15,18,22,26,29,37H,4-5,16-17,19-21H2,1-3H3,(H3-,34,35,36,39,40,41)/p+1/t26-,29-,38?/m0/s1. The topological polar surface area (TPSA) is 155 Å². The minimum atomic E-state index is -3.68. The molecule has 3 atom stereocenters. The molecule has 3 aromatic carbocycles. The van der Waals surface area contributed by atoms with Crippen molar-refractivity contribution in [3.63, 3.8) is 0 Å². The van der Waals surface area contributed by atoms with E-state index < -0.39 is 22.1 Å². The Morgan fingerprint density at radius 1 is 0.978 bits per heavy atom. The number of amides is 3. The minimum absolute atomic E-state index is 0.0770. The number of nitrogens with zero attached hydrogens (tertiary/aromatic N) is 1. The van der Waals surface area contributed by atoms with Crippen molar-refractivity contribution in [2.24, 2.45) is 0 Å². The van der Waals surface area contributed by atoms with Crippen molar-refractivity contribution >= 4 is 27.6 Å². The Balaban J connectivity index is 1.24. The monoisotopic (exact) mass is 652 g/mol. The van der Waals surface area contributed by atoms with Crippen molar-refractivity contribution in [1.29, 1.82) is 0 Å². The van der Waals surface area contributed by atoms with Crippen LogP contribution in [0.25, 0.3) is 0 Å².